The van der Waals surface area contributed by atoms with E-state index in [-0.39, 0.29) is 0 Å². The zero-order valence-corrected chi connectivity index (χ0v) is 6.91. The van der Waals surface area contributed by atoms with Crippen LogP contribution < -0.4 is 4.98 Å². The first-order valence-corrected chi connectivity index (χ1v) is 4.18. The van der Waals surface area contributed by atoms with E-state index < -0.39 is 0 Å². The zero-order chi connectivity index (χ0) is 8.67. The summed E-state index contributed by atoms with van der Waals surface area (Å²) in [7, 11) is 0. The quantitative estimate of drug-likeness (QED) is 0.546. The molecule has 3 nitrogen and oxygen atoms in total. The fourth-order valence-electron chi connectivity index (χ4n) is 1.61. The van der Waals surface area contributed by atoms with Crippen LogP contribution in [0.3, 0.4) is 0 Å². The SMILES string of the molecule is c1cc2c(ccc3[nH]cc[nH+]c32)n1. The second-order valence-electron chi connectivity index (χ2n) is 2.99. The lowest BCUT2D eigenvalue weighted by Crippen LogP contribution is -2.02. The number of benzene rings is 1. The van der Waals surface area contributed by atoms with Gasteiger partial charge in [-0.1, -0.05) is 0 Å². The molecule has 0 spiro atoms. The number of hydrogen-bond donors (Lipinski definition) is 1. The van der Waals surface area contributed by atoms with Gasteiger partial charge in [-0.05, 0) is 18.2 Å². The highest BCUT2D eigenvalue weighted by atomic mass is 14.8. The van der Waals surface area contributed by atoms with Gasteiger partial charge in [-0.15, -0.1) is 0 Å². The fourth-order valence-corrected chi connectivity index (χ4v) is 1.61. The molecule has 3 aromatic rings. The Morgan fingerprint density at radius 3 is 3.23 bits per heavy atom. The van der Waals surface area contributed by atoms with Crippen molar-refractivity contribution in [1.29, 1.82) is 0 Å². The molecule has 0 saturated heterocycles. The molecule has 0 atom stereocenters. The normalized spacial score (nSPS) is 11.1. The topological polar surface area (TPSA) is 42.8 Å². The number of aromatic amines is 2. The van der Waals surface area contributed by atoms with Gasteiger partial charge in [-0.3, -0.25) is 4.98 Å². The summed E-state index contributed by atoms with van der Waals surface area (Å²) < 4.78 is 0. The molecule has 0 bridgehead atoms. The Hall–Kier alpha value is -1.90. The van der Waals surface area contributed by atoms with Gasteiger partial charge in [-0.2, -0.15) is 0 Å². The highest BCUT2D eigenvalue weighted by Crippen LogP contribution is 2.18. The smallest absolute Gasteiger partial charge is 0.236 e. The molecule has 0 unspecified atom stereocenters. The summed E-state index contributed by atoms with van der Waals surface area (Å²) in [6.45, 7) is 0. The van der Waals surface area contributed by atoms with Gasteiger partial charge < -0.3 is 4.98 Å². The van der Waals surface area contributed by atoms with Gasteiger partial charge in [0.15, 0.2) is 6.20 Å². The highest BCUT2D eigenvalue weighted by molar-refractivity contribution is 6.00. The molecule has 0 radical (unpaired) electrons. The van der Waals surface area contributed by atoms with E-state index in [1.165, 1.54) is 0 Å². The average molecular weight is 170 g/mol. The molecule has 2 N–H and O–H groups in total. The van der Waals surface area contributed by atoms with Crippen molar-refractivity contribution in [2.24, 2.45) is 0 Å². The fraction of sp³-hybridized carbons (Fsp3) is 0. The van der Waals surface area contributed by atoms with E-state index in [4.69, 9.17) is 0 Å². The van der Waals surface area contributed by atoms with Crippen LogP contribution in [0.1, 0.15) is 0 Å². The Kier molecular flexibility index (Phi) is 1.16. The Bertz CT molecular complexity index is 568. The van der Waals surface area contributed by atoms with Crippen LogP contribution in [0, 0.1) is 0 Å². The lowest BCUT2D eigenvalue weighted by molar-refractivity contribution is -0.344. The van der Waals surface area contributed by atoms with Gasteiger partial charge >= 0.3 is 0 Å². The lowest BCUT2D eigenvalue weighted by Gasteiger charge is -1.91. The van der Waals surface area contributed by atoms with Crippen LogP contribution in [0.2, 0.25) is 0 Å². The van der Waals surface area contributed by atoms with Crippen molar-refractivity contribution in [1.82, 2.24) is 9.97 Å². The standard InChI is InChI=1S/C10H7N3/c1-2-9-10(13-6-5-12-9)7-3-4-11-8(1)7/h1-6,12H/p+1. The number of nitrogens with one attached hydrogen (secondary N) is 2. The Balaban J connectivity index is 2.65. The number of H-pyrrole nitrogens is 2. The summed E-state index contributed by atoms with van der Waals surface area (Å²) >= 11 is 0. The van der Waals surface area contributed by atoms with E-state index in [9.17, 15) is 0 Å². The molecule has 0 saturated carbocycles. The second-order valence-corrected chi connectivity index (χ2v) is 2.99. The molecular weight excluding hydrogens is 162 g/mol. The molecule has 62 valence electrons. The van der Waals surface area contributed by atoms with Crippen LogP contribution in [0.15, 0.2) is 36.8 Å². The Morgan fingerprint density at radius 1 is 1.23 bits per heavy atom. The van der Waals surface area contributed by atoms with Crippen molar-refractivity contribution in [3.05, 3.63) is 36.8 Å². The Morgan fingerprint density at radius 2 is 2.23 bits per heavy atom. The van der Waals surface area contributed by atoms with Crippen molar-refractivity contribution < 1.29 is 4.98 Å². The van der Waals surface area contributed by atoms with E-state index in [1.54, 1.807) is 0 Å². The highest BCUT2D eigenvalue weighted by Gasteiger charge is 2.06. The van der Waals surface area contributed by atoms with Crippen LogP contribution in [-0.2, 0) is 0 Å². The summed E-state index contributed by atoms with van der Waals surface area (Å²) in [5.41, 5.74) is 3.24. The molecule has 0 aliphatic rings. The van der Waals surface area contributed by atoms with Gasteiger partial charge in [0.05, 0.1) is 17.1 Å². The monoisotopic (exact) mass is 170 g/mol. The molecule has 1 aromatic carbocycles. The number of fused-ring (bicyclic) bond motifs is 3. The van der Waals surface area contributed by atoms with Gasteiger partial charge in [0.1, 0.15) is 5.52 Å². The number of nitrogens with zero attached hydrogens (tertiary/aromatic N) is 1. The molecule has 0 fully saturated rings. The molecule has 2 aromatic heterocycles. The van der Waals surface area contributed by atoms with Crippen molar-refractivity contribution in [2.75, 3.05) is 0 Å². The summed E-state index contributed by atoms with van der Waals surface area (Å²) in [6.07, 6.45) is 5.59. The second kappa shape index (κ2) is 2.29. The molecule has 3 rings (SSSR count). The lowest BCUT2D eigenvalue weighted by atomic mass is 10.2. The summed E-state index contributed by atoms with van der Waals surface area (Å²) in [6, 6.07) is 6.06. The molecule has 0 amide bonds. The molecule has 2 heterocycles. The van der Waals surface area contributed by atoms with Crippen molar-refractivity contribution in [2.45, 2.75) is 0 Å². The molecule has 0 aliphatic heterocycles. The third-order valence-electron chi connectivity index (χ3n) is 2.23. The average Bonchev–Trinajstić information content (AvgIpc) is 2.65. The maximum Gasteiger partial charge on any atom is 0.236 e. The van der Waals surface area contributed by atoms with E-state index in [0.29, 0.717) is 0 Å². The number of hydrogen-bond acceptors (Lipinski definition) is 1. The minimum absolute atomic E-state index is 1.03. The van der Waals surface area contributed by atoms with Crippen molar-refractivity contribution in [3.8, 4) is 0 Å². The Labute approximate surface area is 74.4 Å². The van der Waals surface area contributed by atoms with Gasteiger partial charge in [0.25, 0.3) is 0 Å². The largest absolute Gasteiger partial charge is 0.351 e. The summed E-state index contributed by atoms with van der Waals surface area (Å²) in [4.78, 5) is 10.6. The third kappa shape index (κ3) is 0.839. The molecule has 13 heavy (non-hydrogen) atoms. The van der Waals surface area contributed by atoms with Crippen LogP contribution in [-0.4, -0.2) is 9.97 Å². The van der Waals surface area contributed by atoms with E-state index in [1.807, 2.05) is 36.8 Å². The van der Waals surface area contributed by atoms with Crippen molar-refractivity contribution in [3.63, 3.8) is 0 Å². The minimum Gasteiger partial charge on any atom is -0.351 e. The first kappa shape index (κ1) is 6.60. The number of aromatic nitrogens is 3. The number of rotatable bonds is 0. The van der Waals surface area contributed by atoms with Crippen LogP contribution >= 0.6 is 0 Å². The first-order chi connectivity index (χ1) is 6.45. The molecule has 0 aliphatic carbocycles. The van der Waals surface area contributed by atoms with Crippen LogP contribution in [0.5, 0.6) is 0 Å². The minimum atomic E-state index is 1.03. The van der Waals surface area contributed by atoms with E-state index in [2.05, 4.69) is 15.0 Å². The van der Waals surface area contributed by atoms with E-state index in [0.717, 1.165) is 21.9 Å². The first-order valence-electron chi connectivity index (χ1n) is 4.18. The third-order valence-corrected chi connectivity index (χ3v) is 2.23. The zero-order valence-electron chi connectivity index (χ0n) is 6.91. The molecule has 3 heteroatoms. The van der Waals surface area contributed by atoms with Crippen LogP contribution in [0.4, 0.5) is 0 Å². The maximum atomic E-state index is 4.23. The summed E-state index contributed by atoms with van der Waals surface area (Å²) in [5, 5.41) is 1.16. The van der Waals surface area contributed by atoms with E-state index >= 15 is 0 Å². The van der Waals surface area contributed by atoms with Gasteiger partial charge in [0.2, 0.25) is 5.52 Å². The predicted molar refractivity (Wildman–Crippen MR) is 50.2 cm³/mol. The van der Waals surface area contributed by atoms with Crippen LogP contribution in [0.25, 0.3) is 21.9 Å². The van der Waals surface area contributed by atoms with Gasteiger partial charge in [0, 0.05) is 6.20 Å². The van der Waals surface area contributed by atoms with Crippen molar-refractivity contribution >= 4 is 21.9 Å². The summed E-state index contributed by atoms with van der Waals surface area (Å²) in [5.74, 6) is 0. The predicted octanol–water partition coefficient (Wildman–Crippen LogP) is 1.53. The molecular formula is C10H8N3+. The maximum absolute atomic E-state index is 4.23. The van der Waals surface area contributed by atoms with Gasteiger partial charge in [-0.25, -0.2) is 4.98 Å².